The van der Waals surface area contributed by atoms with Crippen molar-refractivity contribution < 1.29 is 9.50 Å². The minimum Gasteiger partial charge on any atom is -0.391 e. The molecule has 3 N–H and O–H groups in total. The van der Waals surface area contributed by atoms with Crippen LogP contribution in [0.25, 0.3) is 11.3 Å². The van der Waals surface area contributed by atoms with E-state index in [2.05, 4.69) is 5.10 Å². The number of aliphatic hydroxyl groups excluding tert-OH is 1. The lowest BCUT2D eigenvalue weighted by Crippen LogP contribution is -2.27. The summed E-state index contributed by atoms with van der Waals surface area (Å²) < 4.78 is 15.0. The van der Waals surface area contributed by atoms with Gasteiger partial charge in [0.1, 0.15) is 5.82 Å². The van der Waals surface area contributed by atoms with Gasteiger partial charge in [-0.3, -0.25) is 4.79 Å². The Labute approximate surface area is 160 Å². The summed E-state index contributed by atoms with van der Waals surface area (Å²) in [6.07, 6.45) is 0.512. The Balaban J connectivity index is 1.98. The molecule has 1 aromatic heterocycles. The zero-order chi connectivity index (χ0) is 19.4. The van der Waals surface area contributed by atoms with Crippen LogP contribution in [0.2, 0.25) is 5.02 Å². The van der Waals surface area contributed by atoms with Crippen LogP contribution in [0.3, 0.4) is 0 Å². The summed E-state index contributed by atoms with van der Waals surface area (Å²) in [5.41, 5.74) is 7.76. The van der Waals surface area contributed by atoms with Gasteiger partial charge in [0.15, 0.2) is 0 Å². The minimum atomic E-state index is -0.411. The second-order valence-corrected chi connectivity index (χ2v) is 6.50. The molecule has 0 bridgehead atoms. The zero-order valence-electron chi connectivity index (χ0n) is 14.5. The van der Waals surface area contributed by atoms with Crippen LogP contribution in [-0.2, 0) is 26.1 Å². The summed E-state index contributed by atoms with van der Waals surface area (Å²) in [4.78, 5) is 12.5. The molecule has 0 aliphatic carbocycles. The van der Waals surface area contributed by atoms with Gasteiger partial charge in [-0.15, -0.1) is 0 Å². The lowest BCUT2D eigenvalue weighted by Gasteiger charge is -2.11. The van der Waals surface area contributed by atoms with Crippen molar-refractivity contribution in [3.8, 4) is 11.3 Å². The van der Waals surface area contributed by atoms with Gasteiger partial charge in [-0.1, -0.05) is 29.8 Å². The maximum Gasteiger partial charge on any atom is 0.272 e. The summed E-state index contributed by atoms with van der Waals surface area (Å²) >= 11 is 6.17. The molecule has 0 spiro atoms. The van der Waals surface area contributed by atoms with Crippen LogP contribution < -0.4 is 11.3 Å². The summed E-state index contributed by atoms with van der Waals surface area (Å²) in [5.74, 6) is -0.393. The van der Waals surface area contributed by atoms with E-state index in [0.717, 1.165) is 5.56 Å². The predicted molar refractivity (Wildman–Crippen MR) is 103 cm³/mol. The first-order valence-corrected chi connectivity index (χ1v) is 8.85. The number of aryl methyl sites for hydroxylation is 2. The van der Waals surface area contributed by atoms with Gasteiger partial charge in [0.2, 0.25) is 0 Å². The van der Waals surface area contributed by atoms with E-state index in [9.17, 15) is 14.3 Å². The van der Waals surface area contributed by atoms with Crippen molar-refractivity contribution in [1.29, 1.82) is 0 Å². The highest BCUT2D eigenvalue weighted by molar-refractivity contribution is 6.31. The number of aromatic nitrogens is 2. The van der Waals surface area contributed by atoms with Gasteiger partial charge in [-0.25, -0.2) is 9.07 Å². The summed E-state index contributed by atoms with van der Waals surface area (Å²) in [6.45, 7) is -0.0571. The Morgan fingerprint density at radius 2 is 1.89 bits per heavy atom. The van der Waals surface area contributed by atoms with Crippen molar-refractivity contribution >= 4 is 11.6 Å². The van der Waals surface area contributed by atoms with Crippen molar-refractivity contribution in [3.63, 3.8) is 0 Å². The molecule has 5 nitrogen and oxygen atoms in total. The first-order chi connectivity index (χ1) is 13.0. The SMILES string of the molecule is NCc1cc(-c2cc(CO)c(=O)n(CCc3ccccc3Cl)n2)ccc1F. The highest BCUT2D eigenvalue weighted by atomic mass is 35.5. The normalized spacial score (nSPS) is 11.0. The van der Waals surface area contributed by atoms with E-state index in [-0.39, 0.29) is 17.7 Å². The smallest absolute Gasteiger partial charge is 0.272 e. The molecule has 3 aromatic rings. The Morgan fingerprint density at radius 1 is 1.11 bits per heavy atom. The molecule has 0 aliphatic rings. The molecule has 0 atom stereocenters. The van der Waals surface area contributed by atoms with Crippen molar-refractivity contribution in [2.24, 2.45) is 5.73 Å². The largest absolute Gasteiger partial charge is 0.391 e. The Kier molecular flexibility index (Phi) is 6.01. The van der Waals surface area contributed by atoms with Crippen LogP contribution in [0.5, 0.6) is 0 Å². The van der Waals surface area contributed by atoms with Crippen LogP contribution in [0.4, 0.5) is 4.39 Å². The number of nitrogens with two attached hydrogens (primary N) is 1. The second kappa shape index (κ2) is 8.43. The van der Waals surface area contributed by atoms with Gasteiger partial charge < -0.3 is 10.8 Å². The minimum absolute atomic E-state index is 0.0542. The molecule has 7 heteroatoms. The third kappa shape index (κ3) is 4.24. The molecule has 1 heterocycles. The first-order valence-electron chi connectivity index (χ1n) is 8.47. The van der Waals surface area contributed by atoms with Crippen LogP contribution in [0.15, 0.2) is 53.3 Å². The maximum atomic E-state index is 13.7. The third-order valence-corrected chi connectivity index (χ3v) is 4.70. The molecule has 27 heavy (non-hydrogen) atoms. The molecule has 3 rings (SSSR count). The average Bonchev–Trinajstić information content (AvgIpc) is 2.68. The summed E-state index contributed by atoms with van der Waals surface area (Å²) in [5, 5.41) is 14.6. The Hall–Kier alpha value is -2.54. The molecule has 0 unspecified atom stereocenters. The van der Waals surface area contributed by atoms with Crippen LogP contribution in [0, 0.1) is 5.82 Å². The van der Waals surface area contributed by atoms with Crippen LogP contribution in [0.1, 0.15) is 16.7 Å². The standard InChI is InChI=1S/C20H19ClFN3O2/c21-17-4-2-1-3-13(17)7-8-25-20(27)16(12-26)10-19(24-25)14-5-6-18(22)15(9-14)11-23/h1-6,9-10,26H,7-8,11-12,23H2. The van der Waals surface area contributed by atoms with E-state index in [0.29, 0.717) is 34.8 Å². The maximum absolute atomic E-state index is 13.7. The van der Waals surface area contributed by atoms with Gasteiger partial charge in [-0.05, 0) is 42.3 Å². The van der Waals surface area contributed by atoms with Crippen molar-refractivity contribution in [2.75, 3.05) is 0 Å². The number of rotatable bonds is 6. The zero-order valence-corrected chi connectivity index (χ0v) is 15.3. The molecule has 0 saturated heterocycles. The van der Waals surface area contributed by atoms with E-state index < -0.39 is 12.4 Å². The number of aliphatic hydroxyl groups is 1. The lowest BCUT2D eigenvalue weighted by molar-refractivity contribution is 0.278. The molecule has 0 aliphatic heterocycles. The second-order valence-electron chi connectivity index (χ2n) is 6.09. The lowest BCUT2D eigenvalue weighted by atomic mass is 10.1. The average molecular weight is 388 g/mol. The monoisotopic (exact) mass is 387 g/mol. The van der Waals surface area contributed by atoms with Gasteiger partial charge in [0, 0.05) is 34.8 Å². The van der Waals surface area contributed by atoms with Crippen molar-refractivity contribution in [3.05, 3.63) is 86.4 Å². The number of benzene rings is 2. The Morgan fingerprint density at radius 3 is 2.59 bits per heavy atom. The quantitative estimate of drug-likeness (QED) is 0.681. The van der Waals surface area contributed by atoms with Crippen molar-refractivity contribution in [1.82, 2.24) is 9.78 Å². The van der Waals surface area contributed by atoms with E-state index >= 15 is 0 Å². The van der Waals surface area contributed by atoms with E-state index in [4.69, 9.17) is 17.3 Å². The molecular weight excluding hydrogens is 369 g/mol. The van der Waals surface area contributed by atoms with Gasteiger partial charge in [0.05, 0.1) is 12.3 Å². The summed E-state index contributed by atoms with van der Waals surface area (Å²) in [6, 6.07) is 13.4. The molecule has 0 radical (unpaired) electrons. The summed E-state index contributed by atoms with van der Waals surface area (Å²) in [7, 11) is 0. The molecule has 0 saturated carbocycles. The van der Waals surface area contributed by atoms with Crippen molar-refractivity contribution in [2.45, 2.75) is 26.1 Å². The first kappa shape index (κ1) is 19.2. The Bertz CT molecular complexity index is 1020. The fraction of sp³-hybridized carbons (Fsp3) is 0.200. The van der Waals surface area contributed by atoms with E-state index in [1.54, 1.807) is 18.2 Å². The van der Waals surface area contributed by atoms with Gasteiger partial charge in [0.25, 0.3) is 5.56 Å². The number of hydrogen-bond acceptors (Lipinski definition) is 4. The molecule has 0 amide bonds. The number of halogens is 2. The van der Waals surface area contributed by atoms with Crippen LogP contribution in [-0.4, -0.2) is 14.9 Å². The van der Waals surface area contributed by atoms with E-state index in [1.807, 2.05) is 18.2 Å². The van der Waals surface area contributed by atoms with Gasteiger partial charge >= 0.3 is 0 Å². The van der Waals surface area contributed by atoms with Gasteiger partial charge in [-0.2, -0.15) is 5.10 Å². The molecule has 0 fully saturated rings. The highest BCUT2D eigenvalue weighted by Crippen LogP contribution is 2.21. The third-order valence-electron chi connectivity index (χ3n) is 4.33. The topological polar surface area (TPSA) is 81.1 Å². The molecule has 140 valence electrons. The predicted octanol–water partition coefficient (Wildman–Crippen LogP) is 2.90. The highest BCUT2D eigenvalue weighted by Gasteiger charge is 2.12. The fourth-order valence-corrected chi connectivity index (χ4v) is 3.05. The fourth-order valence-electron chi connectivity index (χ4n) is 2.82. The molecular formula is C20H19ClFN3O2. The van der Waals surface area contributed by atoms with Crippen LogP contribution >= 0.6 is 11.6 Å². The molecule has 2 aromatic carbocycles. The number of hydrogen-bond donors (Lipinski definition) is 2. The number of nitrogens with zero attached hydrogens (tertiary/aromatic N) is 2. The van der Waals surface area contributed by atoms with E-state index in [1.165, 1.54) is 16.8 Å².